The van der Waals surface area contributed by atoms with Crippen molar-refractivity contribution in [2.45, 2.75) is 51.4 Å². The number of rotatable bonds is 5. The second-order valence-electron chi connectivity index (χ2n) is 6.61. The molecule has 1 atom stereocenters. The Labute approximate surface area is 142 Å². The summed E-state index contributed by atoms with van der Waals surface area (Å²) in [6.45, 7) is 2.04. The number of aliphatic hydroxyl groups is 1. The monoisotopic (exact) mass is 328 g/mol. The van der Waals surface area contributed by atoms with E-state index in [0.29, 0.717) is 5.56 Å². The Hall–Kier alpha value is -2.14. The summed E-state index contributed by atoms with van der Waals surface area (Å²) in [7, 11) is 0. The summed E-state index contributed by atoms with van der Waals surface area (Å²) in [4.78, 5) is 16.8. The van der Waals surface area contributed by atoms with Crippen LogP contribution >= 0.6 is 0 Å². The van der Waals surface area contributed by atoms with Crippen LogP contribution in [0.2, 0.25) is 0 Å². The molecule has 1 aliphatic carbocycles. The van der Waals surface area contributed by atoms with Gasteiger partial charge >= 0.3 is 5.97 Å². The van der Waals surface area contributed by atoms with E-state index in [1.54, 1.807) is 23.3 Å². The lowest BCUT2D eigenvalue weighted by Crippen LogP contribution is -2.45. The second kappa shape index (κ2) is 7.18. The number of esters is 1. The van der Waals surface area contributed by atoms with Gasteiger partial charge in [-0.25, -0.2) is 9.78 Å². The molecule has 1 unspecified atom stereocenters. The molecule has 1 N–H and O–H groups in total. The quantitative estimate of drug-likeness (QED) is 0.856. The number of imidazole rings is 1. The van der Waals surface area contributed by atoms with Crippen LogP contribution in [-0.2, 0) is 21.9 Å². The van der Waals surface area contributed by atoms with Crippen LogP contribution < -0.4 is 0 Å². The van der Waals surface area contributed by atoms with Crippen LogP contribution in [0.25, 0.3) is 0 Å². The number of carbonyl (C=O) groups is 1. The Kier molecular flexibility index (Phi) is 5.00. The number of hydrogen-bond donors (Lipinski definition) is 1. The van der Waals surface area contributed by atoms with Crippen LogP contribution in [0.1, 0.15) is 43.2 Å². The number of nitrogens with zero attached hydrogens (tertiary/aromatic N) is 2. The molecule has 2 aromatic rings. The number of aryl methyl sites for hydroxylation is 1. The smallest absolute Gasteiger partial charge is 0.344 e. The molecule has 0 spiro atoms. The molecular formula is C19H24N2O3. The van der Waals surface area contributed by atoms with Crippen LogP contribution in [-0.4, -0.2) is 20.6 Å². The second-order valence-corrected chi connectivity index (χ2v) is 6.61. The Bertz CT molecular complexity index is 660. The van der Waals surface area contributed by atoms with Gasteiger partial charge in [0.2, 0.25) is 0 Å². The van der Waals surface area contributed by atoms with E-state index in [1.165, 1.54) is 0 Å². The zero-order valence-corrected chi connectivity index (χ0v) is 14.0. The topological polar surface area (TPSA) is 64.3 Å². The fourth-order valence-corrected chi connectivity index (χ4v) is 3.45. The van der Waals surface area contributed by atoms with Crippen LogP contribution in [0, 0.1) is 12.8 Å². The van der Waals surface area contributed by atoms with Crippen molar-refractivity contribution >= 4 is 5.97 Å². The lowest BCUT2D eigenvalue weighted by Gasteiger charge is -2.36. The molecule has 1 fully saturated rings. The minimum atomic E-state index is -1.59. The SMILES string of the molecule is Cc1ccc(C(O)(C(=O)OCn2ccnc2)C2CCCCC2)cc1. The molecule has 0 saturated heterocycles. The third-order valence-corrected chi connectivity index (χ3v) is 4.90. The maximum absolute atomic E-state index is 12.8. The molecule has 1 heterocycles. The highest BCUT2D eigenvalue weighted by molar-refractivity contribution is 5.81. The van der Waals surface area contributed by atoms with E-state index in [-0.39, 0.29) is 12.6 Å². The van der Waals surface area contributed by atoms with Crippen molar-refractivity contribution in [1.82, 2.24) is 9.55 Å². The van der Waals surface area contributed by atoms with Gasteiger partial charge in [0.15, 0.2) is 12.3 Å². The summed E-state index contributed by atoms with van der Waals surface area (Å²) in [5.41, 5.74) is 0.126. The van der Waals surface area contributed by atoms with E-state index >= 15 is 0 Å². The minimum absolute atomic E-state index is 0.0553. The van der Waals surface area contributed by atoms with Crippen LogP contribution in [0.4, 0.5) is 0 Å². The highest BCUT2D eigenvalue weighted by Crippen LogP contribution is 2.40. The third kappa shape index (κ3) is 3.36. The molecule has 3 rings (SSSR count). The zero-order chi connectivity index (χ0) is 17.0. The molecule has 0 bridgehead atoms. The summed E-state index contributed by atoms with van der Waals surface area (Å²) >= 11 is 0. The molecule has 1 aromatic carbocycles. The van der Waals surface area contributed by atoms with Gasteiger partial charge < -0.3 is 14.4 Å². The van der Waals surface area contributed by atoms with E-state index in [9.17, 15) is 9.90 Å². The molecule has 5 heteroatoms. The molecule has 128 valence electrons. The number of benzene rings is 1. The molecule has 5 nitrogen and oxygen atoms in total. The largest absolute Gasteiger partial charge is 0.441 e. The first-order chi connectivity index (χ1) is 11.6. The predicted molar refractivity (Wildman–Crippen MR) is 90.0 cm³/mol. The van der Waals surface area contributed by atoms with Gasteiger partial charge in [0.25, 0.3) is 0 Å². The molecule has 1 aromatic heterocycles. The number of ether oxygens (including phenoxy) is 1. The number of hydrogen-bond acceptors (Lipinski definition) is 4. The van der Waals surface area contributed by atoms with Gasteiger partial charge in [-0.05, 0) is 25.3 Å². The summed E-state index contributed by atoms with van der Waals surface area (Å²) in [5, 5.41) is 11.4. The molecule has 0 amide bonds. The maximum atomic E-state index is 12.8. The summed E-state index contributed by atoms with van der Waals surface area (Å²) in [5.74, 6) is -0.684. The van der Waals surface area contributed by atoms with Crippen molar-refractivity contribution in [2.24, 2.45) is 5.92 Å². The highest BCUT2D eigenvalue weighted by Gasteiger charge is 2.47. The van der Waals surface area contributed by atoms with Crippen LogP contribution in [0.3, 0.4) is 0 Å². The van der Waals surface area contributed by atoms with Crippen molar-refractivity contribution < 1.29 is 14.6 Å². The molecule has 1 saturated carbocycles. The van der Waals surface area contributed by atoms with E-state index < -0.39 is 11.6 Å². The summed E-state index contributed by atoms with van der Waals surface area (Å²) in [6.07, 6.45) is 9.83. The van der Waals surface area contributed by atoms with Crippen molar-refractivity contribution in [3.05, 3.63) is 54.1 Å². The third-order valence-electron chi connectivity index (χ3n) is 4.90. The lowest BCUT2D eigenvalue weighted by molar-refractivity contribution is -0.179. The van der Waals surface area contributed by atoms with Crippen molar-refractivity contribution in [1.29, 1.82) is 0 Å². The van der Waals surface area contributed by atoms with Gasteiger partial charge in [0.05, 0.1) is 6.33 Å². The Morgan fingerprint density at radius 2 is 2.00 bits per heavy atom. The van der Waals surface area contributed by atoms with Crippen LogP contribution in [0.5, 0.6) is 0 Å². The highest BCUT2D eigenvalue weighted by atomic mass is 16.6. The number of aromatic nitrogens is 2. The minimum Gasteiger partial charge on any atom is -0.441 e. The van der Waals surface area contributed by atoms with Gasteiger partial charge in [0, 0.05) is 18.3 Å². The van der Waals surface area contributed by atoms with Gasteiger partial charge in [-0.2, -0.15) is 0 Å². The zero-order valence-electron chi connectivity index (χ0n) is 14.0. The first-order valence-corrected chi connectivity index (χ1v) is 8.53. The Balaban J connectivity index is 1.85. The first-order valence-electron chi connectivity index (χ1n) is 8.53. The fourth-order valence-electron chi connectivity index (χ4n) is 3.45. The molecule has 0 aliphatic heterocycles. The van der Waals surface area contributed by atoms with Gasteiger partial charge in [-0.1, -0.05) is 49.1 Å². The maximum Gasteiger partial charge on any atom is 0.344 e. The van der Waals surface area contributed by atoms with Crippen molar-refractivity contribution in [2.75, 3.05) is 0 Å². The molecule has 0 radical (unpaired) electrons. The van der Waals surface area contributed by atoms with E-state index in [2.05, 4.69) is 4.98 Å². The predicted octanol–water partition coefficient (Wildman–Crippen LogP) is 3.16. The Morgan fingerprint density at radius 3 is 2.62 bits per heavy atom. The van der Waals surface area contributed by atoms with Crippen molar-refractivity contribution in [3.63, 3.8) is 0 Å². The van der Waals surface area contributed by atoms with Crippen molar-refractivity contribution in [3.8, 4) is 0 Å². The average Bonchev–Trinajstić information content (AvgIpc) is 3.14. The normalized spacial score (nSPS) is 18.1. The van der Waals surface area contributed by atoms with E-state index in [4.69, 9.17) is 4.74 Å². The van der Waals surface area contributed by atoms with E-state index in [1.807, 2.05) is 31.2 Å². The molecular weight excluding hydrogens is 304 g/mol. The van der Waals surface area contributed by atoms with E-state index in [0.717, 1.165) is 37.7 Å². The lowest BCUT2D eigenvalue weighted by atomic mass is 9.73. The molecule has 1 aliphatic rings. The molecule has 24 heavy (non-hydrogen) atoms. The Morgan fingerprint density at radius 1 is 1.29 bits per heavy atom. The first kappa shape index (κ1) is 16.7. The summed E-state index contributed by atoms with van der Waals surface area (Å²) < 4.78 is 7.08. The summed E-state index contributed by atoms with van der Waals surface area (Å²) in [6, 6.07) is 7.52. The van der Waals surface area contributed by atoms with Crippen LogP contribution in [0.15, 0.2) is 43.0 Å². The van der Waals surface area contributed by atoms with Gasteiger partial charge in [-0.3, -0.25) is 0 Å². The number of carbonyl (C=O) groups excluding carboxylic acids is 1. The average molecular weight is 328 g/mol. The van der Waals surface area contributed by atoms with Gasteiger partial charge in [-0.15, -0.1) is 0 Å². The fraction of sp³-hybridized carbons (Fsp3) is 0.474. The standard InChI is InChI=1S/C19H24N2O3/c1-15-7-9-17(10-8-15)19(23,16-5-3-2-4-6-16)18(22)24-14-21-12-11-20-13-21/h7-13,16,23H,2-6,14H2,1H3. The van der Waals surface area contributed by atoms with Gasteiger partial charge in [0.1, 0.15) is 0 Å².